The first-order valence-electron chi connectivity index (χ1n) is 6.66. The van der Waals surface area contributed by atoms with Crippen molar-refractivity contribution in [2.24, 2.45) is 5.41 Å². The molecule has 2 amide bonds. The van der Waals surface area contributed by atoms with Crippen LogP contribution < -0.4 is 0 Å². The highest BCUT2D eigenvalue weighted by molar-refractivity contribution is 5.74. The molecule has 1 rings (SSSR count). The van der Waals surface area contributed by atoms with Crippen LogP contribution in [0, 0.1) is 5.41 Å². The van der Waals surface area contributed by atoms with Crippen molar-refractivity contribution in [2.45, 2.75) is 47.0 Å². The average Bonchev–Trinajstić information content (AvgIpc) is 2.75. The van der Waals surface area contributed by atoms with Gasteiger partial charge in [-0.25, -0.2) is 4.79 Å². The smallest absolute Gasteiger partial charge is 0.319 e. The summed E-state index contributed by atoms with van der Waals surface area (Å²) in [5, 5.41) is 0. The Bertz CT molecular complexity index is 232. The molecule has 0 bridgehead atoms. The fraction of sp³-hybridized carbons (Fsp3) is 0.923. The number of amides is 2. The van der Waals surface area contributed by atoms with Gasteiger partial charge in [0.05, 0.1) is 0 Å². The van der Waals surface area contributed by atoms with Gasteiger partial charge in [0, 0.05) is 26.2 Å². The summed E-state index contributed by atoms with van der Waals surface area (Å²) in [5.74, 6) is 0. The summed E-state index contributed by atoms with van der Waals surface area (Å²) in [4.78, 5) is 16.1. The lowest BCUT2D eigenvalue weighted by atomic mass is 9.82. The molecule has 1 aliphatic heterocycles. The largest absolute Gasteiger partial charge is 0.325 e. The molecule has 3 nitrogen and oxygen atoms in total. The van der Waals surface area contributed by atoms with Gasteiger partial charge in [0.1, 0.15) is 0 Å². The molecule has 0 saturated carbocycles. The van der Waals surface area contributed by atoms with E-state index in [0.717, 1.165) is 26.2 Å². The van der Waals surface area contributed by atoms with Gasteiger partial charge < -0.3 is 9.80 Å². The van der Waals surface area contributed by atoms with Crippen molar-refractivity contribution in [3.63, 3.8) is 0 Å². The SMILES string of the molecule is CCN(CC)C(=O)N1CCC(CC)(CC)C1. The van der Waals surface area contributed by atoms with Crippen LogP contribution in [0.5, 0.6) is 0 Å². The zero-order valence-corrected chi connectivity index (χ0v) is 11.3. The van der Waals surface area contributed by atoms with Crippen LogP contribution >= 0.6 is 0 Å². The second-order valence-corrected chi connectivity index (χ2v) is 4.83. The van der Waals surface area contributed by atoms with E-state index < -0.39 is 0 Å². The summed E-state index contributed by atoms with van der Waals surface area (Å²) in [6, 6.07) is 0.230. The number of nitrogens with zero attached hydrogens (tertiary/aromatic N) is 2. The first-order valence-corrected chi connectivity index (χ1v) is 6.66. The Labute approximate surface area is 99.8 Å². The number of carbonyl (C=O) groups excluding carboxylic acids is 1. The van der Waals surface area contributed by atoms with Crippen molar-refractivity contribution in [1.29, 1.82) is 0 Å². The van der Waals surface area contributed by atoms with Crippen LogP contribution in [-0.4, -0.2) is 42.0 Å². The fourth-order valence-corrected chi connectivity index (χ4v) is 2.62. The van der Waals surface area contributed by atoms with Crippen molar-refractivity contribution in [3.05, 3.63) is 0 Å². The lowest BCUT2D eigenvalue weighted by Crippen LogP contribution is -2.42. The molecule has 0 aromatic heterocycles. The molecular formula is C13H26N2O. The van der Waals surface area contributed by atoms with Gasteiger partial charge in [-0.1, -0.05) is 13.8 Å². The average molecular weight is 226 g/mol. The number of likely N-dealkylation sites (tertiary alicyclic amines) is 1. The number of hydrogen-bond acceptors (Lipinski definition) is 1. The zero-order chi connectivity index (χ0) is 12.2. The molecule has 16 heavy (non-hydrogen) atoms. The van der Waals surface area contributed by atoms with E-state index in [2.05, 4.69) is 13.8 Å². The van der Waals surface area contributed by atoms with Gasteiger partial charge in [-0.3, -0.25) is 0 Å². The highest BCUT2D eigenvalue weighted by Crippen LogP contribution is 2.37. The molecule has 0 atom stereocenters. The van der Waals surface area contributed by atoms with Gasteiger partial charge in [0.15, 0.2) is 0 Å². The summed E-state index contributed by atoms with van der Waals surface area (Å²) in [6.45, 7) is 12.1. The Balaban J connectivity index is 2.61. The van der Waals surface area contributed by atoms with Crippen molar-refractivity contribution >= 4 is 6.03 Å². The number of hydrogen-bond donors (Lipinski definition) is 0. The minimum absolute atomic E-state index is 0.230. The Morgan fingerprint density at radius 1 is 1.19 bits per heavy atom. The standard InChI is InChI=1S/C13H26N2O/c1-5-13(6-2)9-10-15(11-13)12(16)14(7-3)8-4/h5-11H2,1-4H3. The Kier molecular flexibility index (Phi) is 4.63. The van der Waals surface area contributed by atoms with Crippen LogP contribution in [0.3, 0.4) is 0 Å². The number of urea groups is 1. The lowest BCUT2D eigenvalue weighted by molar-refractivity contribution is 0.158. The molecule has 0 unspecified atom stereocenters. The fourth-order valence-electron chi connectivity index (χ4n) is 2.62. The maximum atomic E-state index is 12.2. The van der Waals surface area contributed by atoms with Gasteiger partial charge in [-0.2, -0.15) is 0 Å². The van der Waals surface area contributed by atoms with Crippen LogP contribution in [0.1, 0.15) is 47.0 Å². The highest BCUT2D eigenvalue weighted by Gasteiger charge is 2.37. The third-order valence-electron chi connectivity index (χ3n) is 4.24. The second kappa shape index (κ2) is 5.55. The first-order chi connectivity index (χ1) is 7.62. The molecule has 0 radical (unpaired) electrons. The highest BCUT2D eigenvalue weighted by atomic mass is 16.2. The molecule has 0 spiro atoms. The predicted molar refractivity (Wildman–Crippen MR) is 67.5 cm³/mol. The van der Waals surface area contributed by atoms with Crippen LogP contribution in [0.4, 0.5) is 4.79 Å². The van der Waals surface area contributed by atoms with E-state index in [1.165, 1.54) is 19.3 Å². The number of carbonyl (C=O) groups is 1. The summed E-state index contributed by atoms with van der Waals surface area (Å²) in [5.41, 5.74) is 0.392. The zero-order valence-electron chi connectivity index (χ0n) is 11.3. The van der Waals surface area contributed by atoms with Crippen LogP contribution in [0.2, 0.25) is 0 Å². The Morgan fingerprint density at radius 2 is 1.75 bits per heavy atom. The van der Waals surface area contributed by atoms with Crippen molar-refractivity contribution in [3.8, 4) is 0 Å². The van der Waals surface area contributed by atoms with Crippen molar-refractivity contribution in [2.75, 3.05) is 26.2 Å². The Morgan fingerprint density at radius 3 is 2.12 bits per heavy atom. The molecule has 1 fully saturated rings. The van der Waals surface area contributed by atoms with Crippen molar-refractivity contribution < 1.29 is 4.79 Å². The lowest BCUT2D eigenvalue weighted by Gasteiger charge is -2.29. The quantitative estimate of drug-likeness (QED) is 0.723. The summed E-state index contributed by atoms with van der Waals surface area (Å²) < 4.78 is 0. The molecule has 94 valence electrons. The van der Waals surface area contributed by atoms with Gasteiger partial charge >= 0.3 is 6.03 Å². The van der Waals surface area contributed by atoms with Gasteiger partial charge in [0.2, 0.25) is 0 Å². The maximum absolute atomic E-state index is 12.2. The molecular weight excluding hydrogens is 200 g/mol. The third-order valence-corrected chi connectivity index (χ3v) is 4.24. The van der Waals surface area contributed by atoms with Crippen LogP contribution in [0.15, 0.2) is 0 Å². The van der Waals surface area contributed by atoms with Gasteiger partial charge in [-0.15, -0.1) is 0 Å². The van der Waals surface area contributed by atoms with Crippen LogP contribution in [-0.2, 0) is 0 Å². The molecule has 3 heteroatoms. The Hall–Kier alpha value is -0.730. The predicted octanol–water partition coefficient (Wildman–Crippen LogP) is 2.96. The molecule has 0 aromatic carbocycles. The van der Waals surface area contributed by atoms with Crippen molar-refractivity contribution in [1.82, 2.24) is 9.80 Å². The van der Waals surface area contributed by atoms with E-state index >= 15 is 0 Å². The minimum Gasteiger partial charge on any atom is -0.325 e. The molecule has 1 heterocycles. The first kappa shape index (κ1) is 13.3. The molecule has 0 aliphatic carbocycles. The minimum atomic E-state index is 0.230. The topological polar surface area (TPSA) is 23.6 Å². The van der Waals surface area contributed by atoms with E-state index in [-0.39, 0.29) is 6.03 Å². The molecule has 0 aromatic rings. The number of rotatable bonds is 4. The summed E-state index contributed by atoms with van der Waals surface area (Å²) >= 11 is 0. The third kappa shape index (κ3) is 2.50. The monoisotopic (exact) mass is 226 g/mol. The second-order valence-electron chi connectivity index (χ2n) is 4.83. The molecule has 1 aliphatic rings. The van der Waals surface area contributed by atoms with E-state index in [0.29, 0.717) is 5.41 Å². The summed E-state index contributed by atoms with van der Waals surface area (Å²) in [7, 11) is 0. The van der Waals surface area contributed by atoms with E-state index in [4.69, 9.17) is 0 Å². The molecule has 0 N–H and O–H groups in total. The normalized spacial score (nSPS) is 18.9. The summed E-state index contributed by atoms with van der Waals surface area (Å²) in [6.07, 6.45) is 3.55. The van der Waals surface area contributed by atoms with E-state index in [9.17, 15) is 4.79 Å². The van der Waals surface area contributed by atoms with E-state index in [1.807, 2.05) is 23.6 Å². The van der Waals surface area contributed by atoms with Gasteiger partial charge in [-0.05, 0) is 38.5 Å². The molecule has 1 saturated heterocycles. The van der Waals surface area contributed by atoms with Crippen LogP contribution in [0.25, 0.3) is 0 Å². The maximum Gasteiger partial charge on any atom is 0.319 e. The van der Waals surface area contributed by atoms with E-state index in [1.54, 1.807) is 0 Å². The van der Waals surface area contributed by atoms with Gasteiger partial charge in [0.25, 0.3) is 0 Å².